The first-order valence-electron chi connectivity index (χ1n) is 9.32. The molecule has 2 aromatic carbocycles. The van der Waals surface area contributed by atoms with E-state index in [1.165, 1.54) is 37.9 Å². The van der Waals surface area contributed by atoms with Crippen LogP contribution in [0.25, 0.3) is 4.96 Å². The molecule has 28 heavy (non-hydrogen) atoms. The first-order valence-corrected chi connectivity index (χ1v) is 10.1. The molecule has 0 saturated heterocycles. The summed E-state index contributed by atoms with van der Waals surface area (Å²) in [4.78, 5) is 6.92. The number of quaternary nitrogens is 1. The van der Waals surface area contributed by atoms with Crippen LogP contribution in [0.3, 0.4) is 0 Å². The summed E-state index contributed by atoms with van der Waals surface area (Å²) < 4.78 is 16.3. The number of aryl methyl sites for hydroxylation is 1. The molecule has 0 bridgehead atoms. The second kappa shape index (κ2) is 6.68. The van der Waals surface area contributed by atoms with Gasteiger partial charge in [0.1, 0.15) is 23.1 Å². The normalized spacial score (nSPS) is 17.6. The van der Waals surface area contributed by atoms with E-state index in [-0.39, 0.29) is 17.7 Å². The molecule has 1 unspecified atom stereocenters. The minimum atomic E-state index is -0.316. The number of rotatable bonds is 3. The lowest BCUT2D eigenvalue weighted by Crippen LogP contribution is -3.12. The smallest absolute Gasteiger partial charge is 0.235 e. The van der Waals surface area contributed by atoms with Crippen LogP contribution in [-0.4, -0.2) is 26.2 Å². The van der Waals surface area contributed by atoms with E-state index >= 15 is 0 Å². The molecule has 0 radical (unpaired) electrons. The number of benzene rings is 2. The molecule has 0 fully saturated rings. The van der Waals surface area contributed by atoms with Gasteiger partial charge in [-0.1, -0.05) is 47.7 Å². The Hall–Kier alpha value is -2.77. The molecule has 1 aliphatic heterocycles. The van der Waals surface area contributed by atoms with Crippen LogP contribution in [0.4, 0.5) is 4.39 Å². The third-order valence-electron chi connectivity index (χ3n) is 5.44. The molecule has 7 heteroatoms. The number of nitrogens with one attached hydrogen (secondary N) is 1. The van der Waals surface area contributed by atoms with E-state index in [2.05, 4.69) is 28.3 Å². The summed E-state index contributed by atoms with van der Waals surface area (Å²) in [6, 6.07) is 14.9. The van der Waals surface area contributed by atoms with Crippen molar-refractivity contribution in [3.05, 3.63) is 81.7 Å². The summed E-state index contributed by atoms with van der Waals surface area (Å²) in [5.74, 6) is 0.406. The summed E-state index contributed by atoms with van der Waals surface area (Å²) >= 11 is 1.38. The molecule has 4 aromatic rings. The average Bonchev–Trinajstić information content (AvgIpc) is 3.21. The molecule has 5 rings (SSSR count). The number of fused-ring (bicyclic) bond motifs is 2. The van der Waals surface area contributed by atoms with Crippen molar-refractivity contribution in [3.63, 3.8) is 0 Å². The van der Waals surface area contributed by atoms with E-state index in [0.717, 1.165) is 19.5 Å². The van der Waals surface area contributed by atoms with Gasteiger partial charge < -0.3 is 10.0 Å². The van der Waals surface area contributed by atoms with Crippen LogP contribution < -0.4 is 4.90 Å². The molecule has 3 heterocycles. The number of thiazole rings is 1. The van der Waals surface area contributed by atoms with Crippen LogP contribution in [0, 0.1) is 12.7 Å². The number of aromatic nitrogens is 3. The van der Waals surface area contributed by atoms with Crippen molar-refractivity contribution < 1.29 is 14.4 Å². The number of hydrogen-bond acceptors (Lipinski definition) is 4. The number of nitrogens with zero attached hydrogens (tertiary/aromatic N) is 3. The van der Waals surface area contributed by atoms with Gasteiger partial charge in [-0.15, -0.1) is 5.10 Å². The van der Waals surface area contributed by atoms with Crippen molar-refractivity contribution in [1.29, 1.82) is 0 Å². The minimum absolute atomic E-state index is 0.0558. The van der Waals surface area contributed by atoms with Crippen LogP contribution in [0.5, 0.6) is 5.88 Å². The molecular formula is C21H20FN4OS+. The Labute approximate surface area is 165 Å². The largest absolute Gasteiger partial charge is 0.492 e. The fraction of sp³-hybridized carbons (Fsp3) is 0.238. The summed E-state index contributed by atoms with van der Waals surface area (Å²) in [5.41, 5.74) is 3.22. The van der Waals surface area contributed by atoms with Gasteiger partial charge in [0.15, 0.2) is 6.04 Å². The van der Waals surface area contributed by atoms with Gasteiger partial charge in [0, 0.05) is 12.0 Å². The molecular weight excluding hydrogens is 375 g/mol. The van der Waals surface area contributed by atoms with E-state index < -0.39 is 0 Å². The Balaban J connectivity index is 1.64. The molecule has 2 atom stereocenters. The third-order valence-corrected chi connectivity index (χ3v) is 6.53. The first kappa shape index (κ1) is 17.3. The molecule has 2 N–H and O–H groups in total. The third kappa shape index (κ3) is 2.78. The zero-order chi connectivity index (χ0) is 19.3. The number of halogens is 1. The van der Waals surface area contributed by atoms with E-state index in [0.29, 0.717) is 21.2 Å². The summed E-state index contributed by atoms with van der Waals surface area (Å²) in [6.07, 6.45) is 0.928. The number of hydrogen-bond donors (Lipinski definition) is 2. The van der Waals surface area contributed by atoms with Crippen LogP contribution >= 0.6 is 11.3 Å². The summed E-state index contributed by atoms with van der Waals surface area (Å²) in [7, 11) is 0. The SMILES string of the molecule is Cc1nc2sc([C@@H](c3ccccc3F)[NH+]3CCc4ccccc4C3)c(O)n2n1. The maximum atomic E-state index is 14.8. The van der Waals surface area contributed by atoms with Crippen LogP contribution in [0.2, 0.25) is 0 Å². The lowest BCUT2D eigenvalue weighted by atomic mass is 9.95. The topological polar surface area (TPSA) is 54.9 Å². The molecule has 0 spiro atoms. The fourth-order valence-electron chi connectivity index (χ4n) is 4.14. The number of aromatic hydroxyl groups is 1. The Morgan fingerprint density at radius 2 is 1.89 bits per heavy atom. The second-order valence-corrected chi connectivity index (χ2v) is 8.21. The van der Waals surface area contributed by atoms with Gasteiger partial charge in [0.25, 0.3) is 0 Å². The minimum Gasteiger partial charge on any atom is -0.492 e. The van der Waals surface area contributed by atoms with Crippen LogP contribution in [0.15, 0.2) is 48.5 Å². The van der Waals surface area contributed by atoms with Crippen molar-refractivity contribution >= 4 is 16.3 Å². The second-order valence-electron chi connectivity index (χ2n) is 7.20. The first-order chi connectivity index (χ1) is 13.6. The monoisotopic (exact) mass is 395 g/mol. The summed E-state index contributed by atoms with van der Waals surface area (Å²) in [5, 5.41) is 15.2. The van der Waals surface area contributed by atoms with Crippen molar-refractivity contribution in [2.75, 3.05) is 6.54 Å². The maximum Gasteiger partial charge on any atom is 0.235 e. The Morgan fingerprint density at radius 1 is 1.14 bits per heavy atom. The lowest BCUT2D eigenvalue weighted by Gasteiger charge is -2.32. The highest BCUT2D eigenvalue weighted by molar-refractivity contribution is 7.17. The van der Waals surface area contributed by atoms with Crippen molar-refractivity contribution in [3.8, 4) is 5.88 Å². The van der Waals surface area contributed by atoms with E-state index in [1.54, 1.807) is 13.0 Å². The predicted octanol–water partition coefficient (Wildman–Crippen LogP) is 2.67. The highest BCUT2D eigenvalue weighted by Gasteiger charge is 2.36. The molecule has 142 valence electrons. The van der Waals surface area contributed by atoms with Crippen molar-refractivity contribution in [2.45, 2.75) is 25.9 Å². The highest BCUT2D eigenvalue weighted by atomic mass is 32.1. The Kier molecular flexibility index (Phi) is 4.14. The van der Waals surface area contributed by atoms with E-state index in [9.17, 15) is 9.50 Å². The van der Waals surface area contributed by atoms with Crippen molar-refractivity contribution in [1.82, 2.24) is 14.6 Å². The standard InChI is InChI=1S/C21H19FN4OS/c1-13-23-21-26(24-13)20(27)19(28-21)18(16-8-4-5-9-17(16)22)25-11-10-14-6-2-3-7-15(14)12-25/h2-9,18,27H,10-12H2,1H3/p+1/t18-/m1/s1. The Morgan fingerprint density at radius 3 is 2.68 bits per heavy atom. The lowest BCUT2D eigenvalue weighted by molar-refractivity contribution is -0.941. The molecule has 0 aliphatic carbocycles. The zero-order valence-electron chi connectivity index (χ0n) is 15.4. The average molecular weight is 395 g/mol. The molecule has 0 amide bonds. The molecule has 0 saturated carbocycles. The highest BCUT2D eigenvalue weighted by Crippen LogP contribution is 2.36. The van der Waals surface area contributed by atoms with Gasteiger partial charge in [0.05, 0.1) is 12.1 Å². The van der Waals surface area contributed by atoms with Gasteiger partial charge >= 0.3 is 0 Å². The summed E-state index contributed by atoms with van der Waals surface area (Å²) in [6.45, 7) is 3.43. The quantitative estimate of drug-likeness (QED) is 0.561. The van der Waals surface area contributed by atoms with Gasteiger partial charge in [0.2, 0.25) is 10.8 Å². The van der Waals surface area contributed by atoms with E-state index in [1.807, 2.05) is 18.2 Å². The van der Waals surface area contributed by atoms with Gasteiger partial charge in [-0.2, -0.15) is 4.52 Å². The fourth-order valence-corrected chi connectivity index (χ4v) is 5.32. The Bertz CT molecular complexity index is 1170. The zero-order valence-corrected chi connectivity index (χ0v) is 16.2. The van der Waals surface area contributed by atoms with E-state index in [4.69, 9.17) is 0 Å². The maximum absolute atomic E-state index is 14.8. The van der Waals surface area contributed by atoms with Gasteiger partial charge in [-0.05, 0) is 24.6 Å². The van der Waals surface area contributed by atoms with Crippen LogP contribution in [-0.2, 0) is 13.0 Å². The molecule has 5 nitrogen and oxygen atoms in total. The molecule has 1 aliphatic rings. The predicted molar refractivity (Wildman–Crippen MR) is 105 cm³/mol. The van der Waals surface area contributed by atoms with Gasteiger partial charge in [-0.3, -0.25) is 0 Å². The van der Waals surface area contributed by atoms with Crippen LogP contribution in [0.1, 0.15) is 33.4 Å². The van der Waals surface area contributed by atoms with Gasteiger partial charge in [-0.25, -0.2) is 9.37 Å². The molecule has 2 aromatic heterocycles. The van der Waals surface area contributed by atoms with Crippen molar-refractivity contribution in [2.24, 2.45) is 0 Å².